The van der Waals surface area contributed by atoms with Crippen LogP contribution in [0, 0.1) is 0 Å². The summed E-state index contributed by atoms with van der Waals surface area (Å²) in [7, 11) is 2.12. The van der Waals surface area contributed by atoms with E-state index >= 15 is 0 Å². The fraction of sp³-hybridized carbons (Fsp3) is 0.588. The average molecular weight is 338 g/mol. The molecule has 0 bridgehead atoms. The van der Waals surface area contributed by atoms with Gasteiger partial charge in [-0.05, 0) is 25.6 Å². The lowest BCUT2D eigenvalue weighted by Crippen LogP contribution is -2.52. The first-order valence-corrected chi connectivity index (χ1v) is 8.52. The molecule has 23 heavy (non-hydrogen) atoms. The number of rotatable bonds is 3. The maximum atomic E-state index is 12.6. The van der Waals surface area contributed by atoms with Crippen molar-refractivity contribution in [2.75, 3.05) is 52.9 Å². The second-order valence-electron chi connectivity index (χ2n) is 6.76. The van der Waals surface area contributed by atoms with Crippen LogP contribution < -0.4 is 0 Å². The van der Waals surface area contributed by atoms with E-state index in [1.54, 1.807) is 17.0 Å². The molecule has 0 aliphatic carbocycles. The molecule has 0 radical (unpaired) electrons. The Morgan fingerprint density at radius 2 is 1.91 bits per heavy atom. The molecule has 126 valence electrons. The Morgan fingerprint density at radius 1 is 1.22 bits per heavy atom. The van der Waals surface area contributed by atoms with Crippen LogP contribution in [0.1, 0.15) is 16.8 Å². The Bertz CT molecular complexity index is 575. The molecule has 1 atom stereocenters. The Kier molecular flexibility index (Phi) is 4.92. The van der Waals surface area contributed by atoms with Crippen molar-refractivity contribution in [1.29, 1.82) is 0 Å². The topological polar surface area (TPSA) is 47.0 Å². The lowest BCUT2D eigenvalue weighted by Gasteiger charge is -2.36. The third kappa shape index (κ3) is 3.86. The Balaban J connectivity index is 1.61. The van der Waals surface area contributed by atoms with Crippen molar-refractivity contribution in [1.82, 2.24) is 14.7 Å². The molecular weight excluding hydrogens is 314 g/mol. The molecule has 1 N–H and O–H groups in total. The molecule has 2 heterocycles. The molecule has 0 spiro atoms. The van der Waals surface area contributed by atoms with E-state index in [0.717, 1.165) is 26.2 Å². The highest BCUT2D eigenvalue weighted by atomic mass is 35.5. The van der Waals surface area contributed by atoms with Gasteiger partial charge >= 0.3 is 0 Å². The largest absolute Gasteiger partial charge is 0.387 e. The van der Waals surface area contributed by atoms with E-state index in [1.165, 1.54) is 0 Å². The van der Waals surface area contributed by atoms with Gasteiger partial charge in [0, 0.05) is 39.3 Å². The van der Waals surface area contributed by atoms with Crippen LogP contribution in [0.2, 0.25) is 5.02 Å². The lowest BCUT2D eigenvalue weighted by molar-refractivity contribution is 0.000526. The fourth-order valence-corrected chi connectivity index (χ4v) is 3.60. The van der Waals surface area contributed by atoms with Crippen LogP contribution in [-0.2, 0) is 0 Å². The molecule has 2 saturated heterocycles. The summed E-state index contributed by atoms with van der Waals surface area (Å²) in [4.78, 5) is 18.9. The third-order valence-electron chi connectivity index (χ3n) is 4.84. The van der Waals surface area contributed by atoms with Crippen molar-refractivity contribution in [2.45, 2.75) is 12.0 Å². The number of carbonyl (C=O) groups is 1. The van der Waals surface area contributed by atoms with Gasteiger partial charge in [-0.2, -0.15) is 0 Å². The SMILES string of the molecule is CN1CCN(CC2(O)CCN(C(=O)c3ccccc3Cl)C2)CC1. The van der Waals surface area contributed by atoms with Crippen molar-refractivity contribution >= 4 is 17.5 Å². The monoisotopic (exact) mass is 337 g/mol. The van der Waals surface area contributed by atoms with Crippen molar-refractivity contribution in [3.05, 3.63) is 34.9 Å². The molecule has 1 aromatic rings. The third-order valence-corrected chi connectivity index (χ3v) is 5.17. The molecule has 2 fully saturated rings. The van der Waals surface area contributed by atoms with Gasteiger partial charge in [0.05, 0.1) is 22.7 Å². The number of hydrogen-bond acceptors (Lipinski definition) is 4. The summed E-state index contributed by atoms with van der Waals surface area (Å²) in [5.41, 5.74) is -0.301. The number of piperazine rings is 1. The highest BCUT2D eigenvalue weighted by Crippen LogP contribution is 2.26. The second kappa shape index (κ2) is 6.77. The Labute approximate surface area is 142 Å². The van der Waals surface area contributed by atoms with Crippen LogP contribution >= 0.6 is 11.6 Å². The summed E-state index contributed by atoms with van der Waals surface area (Å²) in [5.74, 6) is -0.0927. The number of β-amino-alcohol motifs (C(OH)–C–C–N with tert-alkyl or cyclic N) is 1. The summed E-state index contributed by atoms with van der Waals surface area (Å²) in [6.45, 7) is 5.58. The number of likely N-dealkylation sites (N-methyl/N-ethyl adjacent to an activating group) is 1. The standard InChI is InChI=1S/C17H24ClN3O2/c1-19-8-10-20(11-9-19)12-17(23)6-7-21(13-17)16(22)14-4-2-3-5-15(14)18/h2-5,23H,6-13H2,1H3. The molecule has 1 amide bonds. The van der Waals surface area contributed by atoms with E-state index in [4.69, 9.17) is 11.6 Å². The predicted molar refractivity (Wildman–Crippen MR) is 90.9 cm³/mol. The van der Waals surface area contributed by atoms with Crippen molar-refractivity contribution in [2.24, 2.45) is 0 Å². The highest BCUT2D eigenvalue weighted by molar-refractivity contribution is 6.33. The summed E-state index contributed by atoms with van der Waals surface area (Å²) in [6, 6.07) is 7.09. The molecule has 2 aliphatic heterocycles. The van der Waals surface area contributed by atoms with Gasteiger partial charge < -0.3 is 14.9 Å². The first-order chi connectivity index (χ1) is 11.0. The first kappa shape index (κ1) is 16.7. The normalized spacial score (nSPS) is 26.7. The van der Waals surface area contributed by atoms with Crippen LogP contribution in [0.25, 0.3) is 0 Å². The molecule has 2 aliphatic rings. The van der Waals surface area contributed by atoms with Gasteiger partial charge in [-0.15, -0.1) is 0 Å². The van der Waals surface area contributed by atoms with Gasteiger partial charge in [0.2, 0.25) is 0 Å². The number of benzene rings is 1. The van der Waals surface area contributed by atoms with Crippen molar-refractivity contribution in [3.63, 3.8) is 0 Å². The Morgan fingerprint density at radius 3 is 2.61 bits per heavy atom. The maximum absolute atomic E-state index is 12.6. The van der Waals surface area contributed by atoms with Gasteiger partial charge in [-0.1, -0.05) is 23.7 Å². The van der Waals surface area contributed by atoms with E-state index < -0.39 is 5.60 Å². The molecule has 1 aromatic carbocycles. The van der Waals surface area contributed by atoms with Crippen LogP contribution in [0.4, 0.5) is 0 Å². The van der Waals surface area contributed by atoms with Gasteiger partial charge in [-0.3, -0.25) is 9.69 Å². The van der Waals surface area contributed by atoms with Crippen LogP contribution in [-0.4, -0.2) is 84.2 Å². The summed E-state index contributed by atoms with van der Waals surface area (Å²) < 4.78 is 0. The van der Waals surface area contributed by atoms with E-state index in [2.05, 4.69) is 16.8 Å². The van der Waals surface area contributed by atoms with Crippen molar-refractivity contribution < 1.29 is 9.90 Å². The van der Waals surface area contributed by atoms with Gasteiger partial charge in [0.1, 0.15) is 0 Å². The number of aliphatic hydroxyl groups is 1. The zero-order chi connectivity index (χ0) is 16.4. The number of carbonyl (C=O) groups excluding carboxylic acids is 1. The van der Waals surface area contributed by atoms with E-state index in [1.807, 2.05) is 12.1 Å². The van der Waals surface area contributed by atoms with E-state index in [9.17, 15) is 9.90 Å². The molecule has 0 saturated carbocycles. The summed E-state index contributed by atoms with van der Waals surface area (Å²) in [5, 5.41) is 11.3. The molecule has 5 nitrogen and oxygen atoms in total. The van der Waals surface area contributed by atoms with Crippen molar-refractivity contribution in [3.8, 4) is 0 Å². The zero-order valence-electron chi connectivity index (χ0n) is 13.5. The predicted octanol–water partition coefficient (Wildman–Crippen LogP) is 1.16. The number of amides is 1. The quantitative estimate of drug-likeness (QED) is 0.899. The summed E-state index contributed by atoms with van der Waals surface area (Å²) in [6.07, 6.45) is 0.621. The minimum atomic E-state index is -0.813. The molecule has 1 unspecified atom stereocenters. The number of likely N-dealkylation sites (tertiary alicyclic amines) is 1. The van der Waals surface area contributed by atoms with Crippen LogP contribution in [0.3, 0.4) is 0 Å². The minimum Gasteiger partial charge on any atom is -0.387 e. The van der Waals surface area contributed by atoms with Gasteiger partial charge in [0.15, 0.2) is 0 Å². The first-order valence-electron chi connectivity index (χ1n) is 8.14. The van der Waals surface area contributed by atoms with E-state index in [0.29, 0.717) is 36.6 Å². The van der Waals surface area contributed by atoms with Gasteiger partial charge in [0.25, 0.3) is 5.91 Å². The minimum absolute atomic E-state index is 0.0927. The highest BCUT2D eigenvalue weighted by Gasteiger charge is 2.40. The summed E-state index contributed by atoms with van der Waals surface area (Å²) >= 11 is 6.12. The fourth-order valence-electron chi connectivity index (χ4n) is 3.39. The average Bonchev–Trinajstić information content (AvgIpc) is 2.92. The second-order valence-corrected chi connectivity index (χ2v) is 7.17. The molecule has 6 heteroatoms. The number of nitrogens with zero attached hydrogens (tertiary/aromatic N) is 3. The maximum Gasteiger partial charge on any atom is 0.255 e. The number of halogens is 1. The van der Waals surface area contributed by atoms with Gasteiger partial charge in [-0.25, -0.2) is 0 Å². The Hall–Kier alpha value is -1.14. The smallest absolute Gasteiger partial charge is 0.255 e. The molecule has 3 rings (SSSR count). The zero-order valence-corrected chi connectivity index (χ0v) is 14.3. The van der Waals surface area contributed by atoms with E-state index in [-0.39, 0.29) is 5.91 Å². The van der Waals surface area contributed by atoms with Crippen LogP contribution in [0.15, 0.2) is 24.3 Å². The number of hydrogen-bond donors (Lipinski definition) is 1. The van der Waals surface area contributed by atoms with Crippen LogP contribution in [0.5, 0.6) is 0 Å². The lowest BCUT2D eigenvalue weighted by atomic mass is 10.0. The molecule has 0 aromatic heterocycles. The molecular formula is C17H24ClN3O2.